The van der Waals surface area contributed by atoms with Gasteiger partial charge in [-0.1, -0.05) is 15.9 Å². The normalized spacial score (nSPS) is 11.2. The molecule has 0 aliphatic heterocycles. The van der Waals surface area contributed by atoms with E-state index in [1.807, 2.05) is 12.1 Å². The van der Waals surface area contributed by atoms with Crippen LogP contribution in [0.2, 0.25) is 0 Å². The highest BCUT2D eigenvalue weighted by Gasteiger charge is 2.19. The Kier molecular flexibility index (Phi) is 4.61. The highest BCUT2D eigenvalue weighted by Crippen LogP contribution is 2.28. The Labute approximate surface area is 170 Å². The van der Waals surface area contributed by atoms with E-state index in [0.717, 1.165) is 14.3 Å². The standard InChI is InChI=1S/C19H12Br2N2O4/c1-10-14-6-11(20)2-4-15(14)27-18(10)19(25)26-9-13-7-17(24)23-8-12(21)3-5-16(23)22-13/h2-8H,9H2,1H3. The summed E-state index contributed by atoms with van der Waals surface area (Å²) in [6, 6.07) is 10.3. The fraction of sp³-hybridized carbons (Fsp3) is 0.105. The van der Waals surface area contributed by atoms with Crippen LogP contribution in [-0.2, 0) is 11.3 Å². The zero-order chi connectivity index (χ0) is 19.1. The topological polar surface area (TPSA) is 73.8 Å². The zero-order valence-corrected chi connectivity index (χ0v) is 17.2. The van der Waals surface area contributed by atoms with E-state index >= 15 is 0 Å². The second-order valence-electron chi connectivity index (χ2n) is 5.93. The van der Waals surface area contributed by atoms with Gasteiger partial charge in [-0.3, -0.25) is 9.20 Å². The number of nitrogens with zero attached hydrogens (tertiary/aromatic N) is 2. The number of furan rings is 1. The fourth-order valence-corrected chi connectivity index (χ4v) is 3.49. The summed E-state index contributed by atoms with van der Waals surface area (Å²) in [4.78, 5) is 29.0. The molecule has 6 nitrogen and oxygen atoms in total. The number of pyridine rings is 1. The third kappa shape index (κ3) is 3.42. The van der Waals surface area contributed by atoms with Crippen molar-refractivity contribution in [3.63, 3.8) is 0 Å². The number of carbonyl (C=O) groups is 1. The first-order chi connectivity index (χ1) is 12.9. The molecule has 27 heavy (non-hydrogen) atoms. The lowest BCUT2D eigenvalue weighted by molar-refractivity contribution is 0.0432. The minimum atomic E-state index is -0.599. The van der Waals surface area contributed by atoms with E-state index in [4.69, 9.17) is 9.15 Å². The molecular formula is C19H12Br2N2O4. The van der Waals surface area contributed by atoms with Gasteiger partial charge in [-0.25, -0.2) is 9.78 Å². The van der Waals surface area contributed by atoms with Crippen molar-refractivity contribution in [3.05, 3.63) is 78.9 Å². The van der Waals surface area contributed by atoms with Crippen molar-refractivity contribution in [3.8, 4) is 0 Å². The van der Waals surface area contributed by atoms with E-state index < -0.39 is 5.97 Å². The molecule has 0 spiro atoms. The molecule has 0 amide bonds. The van der Waals surface area contributed by atoms with E-state index in [2.05, 4.69) is 36.8 Å². The van der Waals surface area contributed by atoms with Gasteiger partial charge in [0.1, 0.15) is 17.8 Å². The smallest absolute Gasteiger partial charge is 0.374 e. The highest BCUT2D eigenvalue weighted by atomic mass is 79.9. The SMILES string of the molecule is Cc1c(C(=O)OCc2cc(=O)n3cc(Br)ccc3n2)oc2ccc(Br)cc12. The van der Waals surface area contributed by atoms with E-state index in [1.165, 1.54) is 10.5 Å². The lowest BCUT2D eigenvalue weighted by atomic mass is 10.1. The van der Waals surface area contributed by atoms with Gasteiger partial charge >= 0.3 is 5.97 Å². The van der Waals surface area contributed by atoms with Crippen molar-refractivity contribution < 1.29 is 13.9 Å². The summed E-state index contributed by atoms with van der Waals surface area (Å²) in [6.45, 7) is 1.67. The van der Waals surface area contributed by atoms with Crippen molar-refractivity contribution in [2.24, 2.45) is 0 Å². The number of rotatable bonds is 3. The largest absolute Gasteiger partial charge is 0.453 e. The summed E-state index contributed by atoms with van der Waals surface area (Å²) >= 11 is 6.72. The van der Waals surface area contributed by atoms with Crippen LogP contribution in [0.3, 0.4) is 0 Å². The predicted octanol–water partition coefficient (Wildman–Crippen LogP) is 4.63. The molecule has 0 aliphatic carbocycles. The summed E-state index contributed by atoms with van der Waals surface area (Å²) in [5.74, 6) is -0.456. The van der Waals surface area contributed by atoms with Gasteiger partial charge < -0.3 is 9.15 Å². The third-order valence-corrected chi connectivity index (χ3v) is 5.07. The van der Waals surface area contributed by atoms with Gasteiger partial charge in [0, 0.05) is 32.2 Å². The molecule has 0 saturated heterocycles. The van der Waals surface area contributed by atoms with E-state index in [1.54, 1.807) is 31.3 Å². The molecule has 0 unspecified atom stereocenters. The Hall–Kier alpha value is -2.45. The molecule has 0 fully saturated rings. The third-order valence-electron chi connectivity index (χ3n) is 4.11. The van der Waals surface area contributed by atoms with Crippen LogP contribution in [0, 0.1) is 6.92 Å². The number of ether oxygens (including phenoxy) is 1. The average Bonchev–Trinajstić information content (AvgIpc) is 2.97. The maximum Gasteiger partial charge on any atom is 0.374 e. The van der Waals surface area contributed by atoms with Crippen LogP contribution in [0.1, 0.15) is 21.8 Å². The van der Waals surface area contributed by atoms with Gasteiger partial charge in [-0.05, 0) is 53.2 Å². The molecule has 0 atom stereocenters. The highest BCUT2D eigenvalue weighted by molar-refractivity contribution is 9.10. The summed E-state index contributed by atoms with van der Waals surface area (Å²) < 4.78 is 14.0. The number of benzene rings is 1. The molecule has 3 heterocycles. The molecule has 4 rings (SSSR count). The monoisotopic (exact) mass is 490 g/mol. The summed E-state index contributed by atoms with van der Waals surface area (Å²) in [5.41, 5.74) is 1.90. The predicted molar refractivity (Wildman–Crippen MR) is 107 cm³/mol. The zero-order valence-electron chi connectivity index (χ0n) is 14.0. The Bertz CT molecular complexity index is 1260. The minimum Gasteiger partial charge on any atom is -0.453 e. The van der Waals surface area contributed by atoms with Crippen molar-refractivity contribution >= 4 is 54.4 Å². The Morgan fingerprint density at radius 1 is 1.19 bits per heavy atom. The van der Waals surface area contributed by atoms with E-state index in [-0.39, 0.29) is 17.9 Å². The number of aryl methyl sites for hydroxylation is 1. The molecule has 8 heteroatoms. The van der Waals surface area contributed by atoms with Crippen LogP contribution >= 0.6 is 31.9 Å². The maximum absolute atomic E-state index is 12.4. The quantitative estimate of drug-likeness (QED) is 0.390. The minimum absolute atomic E-state index is 0.124. The molecule has 1 aromatic carbocycles. The number of halogens is 2. The van der Waals surface area contributed by atoms with Crippen LogP contribution in [-0.4, -0.2) is 15.4 Å². The van der Waals surface area contributed by atoms with Crippen LogP contribution < -0.4 is 5.56 Å². The molecule has 0 saturated carbocycles. The molecule has 4 aromatic rings. The van der Waals surface area contributed by atoms with Gasteiger partial charge in [0.25, 0.3) is 5.56 Å². The van der Waals surface area contributed by atoms with E-state index in [0.29, 0.717) is 22.5 Å². The Morgan fingerprint density at radius 2 is 1.96 bits per heavy atom. The summed E-state index contributed by atoms with van der Waals surface area (Å²) in [6.07, 6.45) is 1.64. The van der Waals surface area contributed by atoms with Crippen LogP contribution in [0.4, 0.5) is 0 Å². The van der Waals surface area contributed by atoms with Gasteiger partial charge in [0.05, 0.1) is 5.69 Å². The average molecular weight is 492 g/mol. The van der Waals surface area contributed by atoms with E-state index in [9.17, 15) is 9.59 Å². The van der Waals surface area contributed by atoms with Crippen LogP contribution in [0.5, 0.6) is 0 Å². The van der Waals surface area contributed by atoms with Crippen molar-refractivity contribution in [1.29, 1.82) is 0 Å². The molecular weight excluding hydrogens is 480 g/mol. The van der Waals surface area contributed by atoms with Crippen molar-refractivity contribution in [2.45, 2.75) is 13.5 Å². The second kappa shape index (κ2) is 6.94. The Morgan fingerprint density at radius 3 is 2.78 bits per heavy atom. The van der Waals surface area contributed by atoms with Gasteiger partial charge in [0.2, 0.25) is 5.76 Å². The number of esters is 1. The molecule has 0 bridgehead atoms. The molecule has 0 radical (unpaired) electrons. The molecule has 3 aromatic heterocycles. The van der Waals surface area contributed by atoms with Crippen molar-refractivity contribution in [2.75, 3.05) is 0 Å². The van der Waals surface area contributed by atoms with Gasteiger partial charge in [-0.15, -0.1) is 0 Å². The van der Waals surface area contributed by atoms with Crippen LogP contribution in [0.25, 0.3) is 16.6 Å². The number of hydrogen-bond donors (Lipinski definition) is 0. The second-order valence-corrected chi connectivity index (χ2v) is 7.77. The van der Waals surface area contributed by atoms with Gasteiger partial charge in [0.15, 0.2) is 0 Å². The summed E-state index contributed by atoms with van der Waals surface area (Å²) in [7, 11) is 0. The number of carbonyl (C=O) groups excluding carboxylic acids is 1. The lowest BCUT2D eigenvalue weighted by Crippen LogP contribution is -2.16. The number of fused-ring (bicyclic) bond motifs is 2. The first-order valence-corrected chi connectivity index (χ1v) is 9.54. The summed E-state index contributed by atoms with van der Waals surface area (Å²) in [5, 5.41) is 0.837. The Balaban J connectivity index is 1.59. The first-order valence-electron chi connectivity index (χ1n) is 7.96. The fourth-order valence-electron chi connectivity index (χ4n) is 2.79. The lowest BCUT2D eigenvalue weighted by Gasteiger charge is -2.05. The first kappa shape index (κ1) is 17.9. The molecule has 136 valence electrons. The maximum atomic E-state index is 12.4. The molecule has 0 aliphatic rings. The van der Waals surface area contributed by atoms with Gasteiger partial charge in [-0.2, -0.15) is 0 Å². The number of hydrogen-bond acceptors (Lipinski definition) is 5. The molecule has 0 N–H and O–H groups in total. The number of aromatic nitrogens is 2. The van der Waals surface area contributed by atoms with Crippen molar-refractivity contribution in [1.82, 2.24) is 9.38 Å². The van der Waals surface area contributed by atoms with Crippen LogP contribution in [0.15, 0.2) is 60.8 Å².